The molecular formula is C27H32O13. The first-order valence-corrected chi connectivity index (χ1v) is 12.4. The lowest BCUT2D eigenvalue weighted by Crippen LogP contribution is -2.59. The monoisotopic (exact) mass is 564 g/mol. The first-order chi connectivity index (χ1) is 19.1. The smallest absolute Gasteiger partial charge is 0.330 e. The van der Waals surface area contributed by atoms with Crippen LogP contribution < -0.4 is 0 Å². The summed E-state index contributed by atoms with van der Waals surface area (Å²) in [7, 11) is 0. The van der Waals surface area contributed by atoms with Crippen LogP contribution in [0.4, 0.5) is 0 Å². The molecule has 40 heavy (non-hydrogen) atoms. The number of ether oxygens (including phenoxy) is 5. The van der Waals surface area contributed by atoms with Crippen molar-refractivity contribution in [2.75, 3.05) is 19.8 Å². The lowest BCUT2D eigenvalue weighted by atomic mass is 9.99. The van der Waals surface area contributed by atoms with Gasteiger partial charge in [-0.15, -0.1) is 0 Å². The van der Waals surface area contributed by atoms with E-state index in [0.717, 1.165) is 11.6 Å². The summed E-state index contributed by atoms with van der Waals surface area (Å²) in [5, 5.41) is 71.0. The number of rotatable bonds is 10. The highest BCUT2D eigenvalue weighted by Gasteiger charge is 2.51. The van der Waals surface area contributed by atoms with Crippen LogP contribution in [0.2, 0.25) is 0 Å². The maximum Gasteiger partial charge on any atom is 0.330 e. The molecule has 2 aliphatic rings. The summed E-state index contributed by atoms with van der Waals surface area (Å²) in [6.07, 6.45) is -7.83. The van der Waals surface area contributed by atoms with Gasteiger partial charge in [-0.1, -0.05) is 36.4 Å². The van der Waals surface area contributed by atoms with Crippen LogP contribution in [0.15, 0.2) is 54.6 Å². The molecule has 0 aromatic heterocycles. The Kier molecular flexibility index (Phi) is 9.73. The van der Waals surface area contributed by atoms with Crippen molar-refractivity contribution in [3.05, 3.63) is 65.7 Å². The Hall–Kier alpha value is -3.11. The van der Waals surface area contributed by atoms with Crippen LogP contribution in [0.1, 0.15) is 11.1 Å². The average Bonchev–Trinajstić information content (AvgIpc) is 3.24. The van der Waals surface area contributed by atoms with Gasteiger partial charge in [-0.05, 0) is 29.3 Å². The van der Waals surface area contributed by atoms with Crippen LogP contribution in [-0.4, -0.2) is 110 Å². The van der Waals surface area contributed by atoms with Crippen molar-refractivity contribution < 1.29 is 64.2 Å². The third-order valence-electron chi connectivity index (χ3n) is 6.53. The lowest BCUT2D eigenvalue weighted by Gasteiger charge is -2.40. The summed E-state index contributed by atoms with van der Waals surface area (Å²) >= 11 is 0. The largest absolute Gasteiger partial charge is 0.504 e. The summed E-state index contributed by atoms with van der Waals surface area (Å²) < 4.78 is 27.0. The number of hydrogen-bond donors (Lipinski definition) is 7. The van der Waals surface area contributed by atoms with Gasteiger partial charge in [-0.25, -0.2) is 4.79 Å². The zero-order valence-electron chi connectivity index (χ0n) is 21.2. The Balaban J connectivity index is 1.26. The summed E-state index contributed by atoms with van der Waals surface area (Å²) in [5.41, 5.74) is -0.806. The van der Waals surface area contributed by atoms with Gasteiger partial charge in [0.1, 0.15) is 37.1 Å². The Morgan fingerprint density at radius 1 is 0.950 bits per heavy atom. The lowest BCUT2D eigenvalue weighted by molar-refractivity contribution is -0.312. The van der Waals surface area contributed by atoms with E-state index in [-0.39, 0.29) is 18.1 Å². The second-order valence-electron chi connectivity index (χ2n) is 9.56. The fourth-order valence-electron chi connectivity index (χ4n) is 4.11. The zero-order valence-corrected chi connectivity index (χ0v) is 21.2. The Labute approximate surface area is 229 Å². The molecular weight excluding hydrogens is 532 g/mol. The molecule has 0 amide bonds. The topological polar surface area (TPSA) is 205 Å². The van der Waals surface area contributed by atoms with Crippen LogP contribution >= 0.6 is 0 Å². The number of carbonyl (C=O) groups is 1. The molecule has 218 valence electrons. The summed E-state index contributed by atoms with van der Waals surface area (Å²) in [4.78, 5) is 12.1. The second-order valence-corrected chi connectivity index (χ2v) is 9.56. The van der Waals surface area contributed by atoms with Gasteiger partial charge in [-0.3, -0.25) is 0 Å². The Bertz CT molecular complexity index is 1160. The number of aromatic hydroxyl groups is 2. The minimum atomic E-state index is -2.01. The molecule has 7 N–H and O–H groups in total. The molecule has 2 aliphatic heterocycles. The second kappa shape index (κ2) is 13.0. The van der Waals surface area contributed by atoms with Gasteiger partial charge >= 0.3 is 5.97 Å². The van der Waals surface area contributed by atoms with Crippen molar-refractivity contribution in [1.82, 2.24) is 0 Å². The van der Waals surface area contributed by atoms with Gasteiger partial charge < -0.3 is 59.4 Å². The van der Waals surface area contributed by atoms with E-state index in [0.29, 0.717) is 5.56 Å². The first-order valence-electron chi connectivity index (χ1n) is 12.4. The summed E-state index contributed by atoms with van der Waals surface area (Å²) in [5.74, 6) is -1.54. The van der Waals surface area contributed by atoms with Crippen molar-refractivity contribution in [3.63, 3.8) is 0 Å². The van der Waals surface area contributed by atoms with Crippen LogP contribution in [0, 0.1) is 0 Å². The number of hydrogen-bond acceptors (Lipinski definition) is 13. The van der Waals surface area contributed by atoms with Gasteiger partial charge in [0.15, 0.2) is 29.7 Å². The van der Waals surface area contributed by atoms with Crippen molar-refractivity contribution >= 4 is 12.0 Å². The van der Waals surface area contributed by atoms with E-state index in [2.05, 4.69) is 0 Å². The maximum atomic E-state index is 12.1. The van der Waals surface area contributed by atoms with Crippen molar-refractivity contribution in [3.8, 4) is 11.5 Å². The van der Waals surface area contributed by atoms with Crippen LogP contribution in [-0.2, 0) is 35.1 Å². The number of esters is 1. The number of benzene rings is 2. The number of carbonyl (C=O) groups excluding carboxylic acids is 1. The highest BCUT2D eigenvalue weighted by molar-refractivity contribution is 5.87. The van der Waals surface area contributed by atoms with Gasteiger partial charge in [0.2, 0.25) is 0 Å². The highest BCUT2D eigenvalue weighted by Crippen LogP contribution is 2.29. The van der Waals surface area contributed by atoms with Gasteiger partial charge in [0, 0.05) is 6.08 Å². The molecule has 2 heterocycles. The number of phenolic OH excluding ortho intramolecular Hbond substituents is 2. The number of phenols is 2. The molecule has 0 saturated carbocycles. The molecule has 2 fully saturated rings. The van der Waals surface area contributed by atoms with E-state index in [1.54, 1.807) is 12.1 Å². The fourth-order valence-corrected chi connectivity index (χ4v) is 4.11. The van der Waals surface area contributed by atoms with Crippen molar-refractivity contribution in [2.24, 2.45) is 0 Å². The normalized spacial score (nSPS) is 32.4. The fraction of sp³-hybridized carbons (Fsp3) is 0.444. The van der Waals surface area contributed by atoms with Crippen LogP contribution in [0.25, 0.3) is 6.08 Å². The van der Waals surface area contributed by atoms with Crippen molar-refractivity contribution in [2.45, 2.75) is 55.3 Å². The SMILES string of the molecule is O=C(C=Cc1ccc(O)c(O)c1)OC[C@@]1(O)CO[C@@H](OC[C@H]2O[C@@H](OCc3ccccc3)[C@H](O)[C@@H](O)[C@@H]2O)[C@@H]1O. The summed E-state index contributed by atoms with van der Waals surface area (Å²) in [6, 6.07) is 13.0. The Morgan fingerprint density at radius 3 is 2.42 bits per heavy atom. The van der Waals surface area contributed by atoms with E-state index >= 15 is 0 Å². The van der Waals surface area contributed by atoms with E-state index in [1.165, 1.54) is 24.3 Å². The molecule has 0 unspecified atom stereocenters. The highest BCUT2D eigenvalue weighted by atomic mass is 16.7. The molecule has 0 bridgehead atoms. The molecule has 0 aliphatic carbocycles. The molecule has 0 radical (unpaired) electrons. The minimum absolute atomic E-state index is 0.0712. The van der Waals surface area contributed by atoms with E-state index in [9.17, 15) is 40.5 Å². The van der Waals surface area contributed by atoms with Gasteiger partial charge in [0.05, 0.1) is 19.8 Å². The molecule has 2 saturated heterocycles. The third-order valence-corrected chi connectivity index (χ3v) is 6.53. The van der Waals surface area contributed by atoms with E-state index in [4.69, 9.17) is 23.7 Å². The molecule has 2 aromatic carbocycles. The predicted molar refractivity (Wildman–Crippen MR) is 134 cm³/mol. The molecule has 0 spiro atoms. The zero-order chi connectivity index (χ0) is 28.9. The molecule has 8 atom stereocenters. The quantitative estimate of drug-likeness (QED) is 0.107. The van der Waals surface area contributed by atoms with Gasteiger partial charge in [-0.2, -0.15) is 0 Å². The predicted octanol–water partition coefficient (Wildman–Crippen LogP) is -0.857. The van der Waals surface area contributed by atoms with Gasteiger partial charge in [0.25, 0.3) is 0 Å². The van der Waals surface area contributed by atoms with Crippen molar-refractivity contribution in [1.29, 1.82) is 0 Å². The number of aliphatic hydroxyl groups is 5. The summed E-state index contributed by atoms with van der Waals surface area (Å²) in [6.45, 7) is -1.42. The maximum absolute atomic E-state index is 12.1. The molecule has 4 rings (SSSR count). The van der Waals surface area contributed by atoms with Crippen LogP contribution in [0.5, 0.6) is 11.5 Å². The third kappa shape index (κ3) is 7.14. The molecule has 13 heteroatoms. The number of aliphatic hydroxyl groups excluding tert-OH is 4. The van der Waals surface area contributed by atoms with E-state index < -0.39 is 74.5 Å². The standard InChI is InChI=1S/C27H32O13/c28-17-8-6-15(10-18(17)29)7-9-20(30)38-13-27(35)14-39-26(24(27)34)37-12-19-21(31)22(32)23(33)25(40-19)36-11-16-4-2-1-3-5-16/h1-10,19,21-26,28-29,31-35H,11-14H2/t19-,21-,22+,23-,24+,25-,26-,27-/m1/s1. The minimum Gasteiger partial charge on any atom is -0.504 e. The average molecular weight is 565 g/mol. The van der Waals surface area contributed by atoms with Crippen LogP contribution in [0.3, 0.4) is 0 Å². The Morgan fingerprint density at radius 2 is 1.70 bits per heavy atom. The van der Waals surface area contributed by atoms with E-state index in [1.807, 2.05) is 18.2 Å². The molecule has 2 aromatic rings. The first kappa shape index (κ1) is 29.9. The molecule has 13 nitrogen and oxygen atoms in total.